The van der Waals surface area contributed by atoms with Gasteiger partial charge in [-0.15, -0.1) is 0 Å². The second-order valence-electron chi connectivity index (χ2n) is 9.61. The van der Waals surface area contributed by atoms with E-state index in [4.69, 9.17) is 9.47 Å². The molecule has 5 rings (SSSR count). The molecule has 6 nitrogen and oxygen atoms in total. The van der Waals surface area contributed by atoms with E-state index in [0.29, 0.717) is 57.7 Å². The summed E-state index contributed by atoms with van der Waals surface area (Å²) in [5, 5.41) is 0. The average Bonchev–Trinajstić information content (AvgIpc) is 3.30. The Morgan fingerprint density at radius 2 is 1.76 bits per heavy atom. The molecule has 2 atom stereocenters. The van der Waals surface area contributed by atoms with Crippen molar-refractivity contribution in [3.63, 3.8) is 0 Å². The number of rotatable bonds is 6. The third-order valence-corrected chi connectivity index (χ3v) is 7.54. The standard InChI is InChI=1S/C27H31FN2O4/c28-22-9-5-4-8-21(22)16-27(11-14-33-15-12-27)26(32)29-17-23-24(18-29)34-19-25(31)30(23)13-10-20-6-2-1-3-7-20/h1-9,23-24H,10-19H2/t23-,24-/m0/s1. The molecule has 0 unspecified atom stereocenters. The molecule has 0 aromatic heterocycles. The highest BCUT2D eigenvalue weighted by Crippen LogP contribution is 2.39. The fraction of sp³-hybridized carbons (Fsp3) is 0.481. The van der Waals surface area contributed by atoms with E-state index in [2.05, 4.69) is 12.1 Å². The molecular formula is C27H31FN2O4. The predicted octanol–water partition coefficient (Wildman–Crippen LogP) is 2.85. The second kappa shape index (κ2) is 9.84. The number of nitrogens with zero attached hydrogens (tertiary/aromatic N) is 2. The number of carbonyl (C=O) groups excluding carboxylic acids is 2. The van der Waals surface area contributed by atoms with Gasteiger partial charge in [0.2, 0.25) is 11.8 Å². The van der Waals surface area contributed by atoms with E-state index in [1.54, 1.807) is 12.1 Å². The summed E-state index contributed by atoms with van der Waals surface area (Å²) in [4.78, 5) is 30.4. The van der Waals surface area contributed by atoms with Crippen LogP contribution in [0.25, 0.3) is 0 Å². The molecular weight excluding hydrogens is 435 g/mol. The van der Waals surface area contributed by atoms with Crippen molar-refractivity contribution in [1.29, 1.82) is 0 Å². The summed E-state index contributed by atoms with van der Waals surface area (Å²) in [6.45, 7) is 2.52. The molecule has 34 heavy (non-hydrogen) atoms. The third kappa shape index (κ3) is 4.59. The molecule has 180 valence electrons. The monoisotopic (exact) mass is 466 g/mol. The number of hydrogen-bond donors (Lipinski definition) is 0. The first kappa shape index (κ1) is 23.0. The van der Waals surface area contributed by atoms with Gasteiger partial charge in [-0.3, -0.25) is 9.59 Å². The van der Waals surface area contributed by atoms with Gasteiger partial charge in [-0.25, -0.2) is 4.39 Å². The molecule has 2 aromatic carbocycles. The van der Waals surface area contributed by atoms with Crippen LogP contribution < -0.4 is 0 Å². The van der Waals surface area contributed by atoms with Crippen LogP contribution in [0.3, 0.4) is 0 Å². The SMILES string of the molecule is O=C1CO[C@H]2CN(C(=O)C3(Cc4ccccc4F)CCOCC3)C[C@@H]2N1CCc1ccccc1. The summed E-state index contributed by atoms with van der Waals surface area (Å²) in [5.74, 6) is -0.289. The Kier molecular flexibility index (Phi) is 6.66. The molecule has 0 N–H and O–H groups in total. The normalized spacial score (nSPS) is 24.2. The molecule has 2 amide bonds. The second-order valence-corrected chi connectivity index (χ2v) is 9.61. The summed E-state index contributed by atoms with van der Waals surface area (Å²) in [7, 11) is 0. The number of fused-ring (bicyclic) bond motifs is 1. The highest BCUT2D eigenvalue weighted by atomic mass is 19.1. The Balaban J connectivity index is 1.32. The number of carbonyl (C=O) groups is 2. The van der Waals surface area contributed by atoms with Crippen molar-refractivity contribution in [3.8, 4) is 0 Å². The summed E-state index contributed by atoms with van der Waals surface area (Å²) < 4.78 is 25.9. The van der Waals surface area contributed by atoms with Gasteiger partial charge in [-0.2, -0.15) is 0 Å². The lowest BCUT2D eigenvalue weighted by Crippen LogP contribution is -2.54. The maximum Gasteiger partial charge on any atom is 0.248 e. The number of likely N-dealkylation sites (tertiary alicyclic amines) is 1. The lowest BCUT2D eigenvalue weighted by Gasteiger charge is -2.39. The van der Waals surface area contributed by atoms with Crippen LogP contribution in [-0.4, -0.2) is 73.2 Å². The van der Waals surface area contributed by atoms with E-state index >= 15 is 0 Å². The van der Waals surface area contributed by atoms with Crippen LogP contribution in [-0.2, 0) is 31.9 Å². The minimum Gasteiger partial charge on any atom is -0.381 e. The maximum absolute atomic E-state index is 14.5. The van der Waals surface area contributed by atoms with Gasteiger partial charge >= 0.3 is 0 Å². The van der Waals surface area contributed by atoms with Gasteiger partial charge < -0.3 is 19.3 Å². The molecule has 3 heterocycles. The molecule has 0 bridgehead atoms. The molecule has 3 fully saturated rings. The Hall–Kier alpha value is -2.77. The molecule has 0 saturated carbocycles. The highest BCUT2D eigenvalue weighted by molar-refractivity contribution is 5.84. The van der Waals surface area contributed by atoms with Crippen molar-refractivity contribution in [2.45, 2.75) is 37.8 Å². The summed E-state index contributed by atoms with van der Waals surface area (Å²) in [6, 6.07) is 16.6. The fourth-order valence-electron chi connectivity index (χ4n) is 5.59. The Morgan fingerprint density at radius 1 is 1.03 bits per heavy atom. The number of hydrogen-bond acceptors (Lipinski definition) is 4. The van der Waals surface area contributed by atoms with Crippen LogP contribution >= 0.6 is 0 Å². The van der Waals surface area contributed by atoms with Gasteiger partial charge in [0.1, 0.15) is 12.4 Å². The van der Waals surface area contributed by atoms with Crippen molar-refractivity contribution in [2.24, 2.45) is 5.41 Å². The molecule has 0 spiro atoms. The first-order chi connectivity index (χ1) is 16.6. The van der Waals surface area contributed by atoms with Gasteiger partial charge in [-0.1, -0.05) is 48.5 Å². The van der Waals surface area contributed by atoms with Crippen LogP contribution in [0, 0.1) is 11.2 Å². The first-order valence-corrected chi connectivity index (χ1v) is 12.1. The van der Waals surface area contributed by atoms with Crippen LogP contribution in [0.4, 0.5) is 4.39 Å². The fourth-order valence-corrected chi connectivity index (χ4v) is 5.59. The third-order valence-electron chi connectivity index (χ3n) is 7.54. The number of halogens is 1. The molecule has 0 aliphatic carbocycles. The number of morpholine rings is 1. The van der Waals surface area contributed by atoms with Crippen molar-refractivity contribution in [2.75, 3.05) is 39.5 Å². The summed E-state index contributed by atoms with van der Waals surface area (Å²) in [6.07, 6.45) is 2.04. The predicted molar refractivity (Wildman–Crippen MR) is 125 cm³/mol. The van der Waals surface area contributed by atoms with Crippen LogP contribution in [0.15, 0.2) is 54.6 Å². The van der Waals surface area contributed by atoms with Crippen LogP contribution in [0.5, 0.6) is 0 Å². The molecule has 3 aliphatic heterocycles. The van der Waals surface area contributed by atoms with E-state index in [9.17, 15) is 14.0 Å². The van der Waals surface area contributed by atoms with E-state index in [1.807, 2.05) is 34.1 Å². The van der Waals surface area contributed by atoms with Crippen LogP contribution in [0.2, 0.25) is 0 Å². The van der Waals surface area contributed by atoms with E-state index in [1.165, 1.54) is 11.6 Å². The van der Waals surface area contributed by atoms with Gasteiger partial charge in [0, 0.05) is 32.8 Å². The van der Waals surface area contributed by atoms with Crippen molar-refractivity contribution in [3.05, 3.63) is 71.5 Å². The minimum absolute atomic E-state index is 0.0208. The highest BCUT2D eigenvalue weighted by Gasteiger charge is 2.49. The lowest BCUT2D eigenvalue weighted by atomic mass is 9.74. The smallest absolute Gasteiger partial charge is 0.248 e. The summed E-state index contributed by atoms with van der Waals surface area (Å²) in [5.41, 5.74) is 1.04. The minimum atomic E-state index is -0.702. The zero-order valence-electron chi connectivity index (χ0n) is 19.3. The molecule has 3 saturated heterocycles. The Morgan fingerprint density at radius 3 is 2.53 bits per heavy atom. The molecule has 7 heteroatoms. The molecule has 2 aromatic rings. The maximum atomic E-state index is 14.5. The van der Waals surface area contributed by atoms with E-state index in [0.717, 1.165) is 6.42 Å². The topological polar surface area (TPSA) is 59.1 Å². The zero-order chi connectivity index (χ0) is 23.5. The largest absolute Gasteiger partial charge is 0.381 e. The van der Waals surface area contributed by atoms with Gasteiger partial charge in [-0.05, 0) is 42.9 Å². The van der Waals surface area contributed by atoms with Gasteiger partial charge in [0.05, 0.1) is 17.6 Å². The van der Waals surface area contributed by atoms with E-state index in [-0.39, 0.29) is 36.4 Å². The van der Waals surface area contributed by atoms with Crippen molar-refractivity contribution in [1.82, 2.24) is 9.80 Å². The Labute approximate surface area is 199 Å². The lowest BCUT2D eigenvalue weighted by molar-refractivity contribution is -0.152. The molecule has 3 aliphatic rings. The van der Waals surface area contributed by atoms with E-state index < -0.39 is 5.41 Å². The van der Waals surface area contributed by atoms with Gasteiger partial charge in [0.15, 0.2) is 0 Å². The Bertz CT molecular complexity index is 1020. The van der Waals surface area contributed by atoms with Crippen molar-refractivity contribution < 1.29 is 23.5 Å². The molecule has 0 radical (unpaired) electrons. The summed E-state index contributed by atoms with van der Waals surface area (Å²) >= 11 is 0. The average molecular weight is 467 g/mol. The number of benzene rings is 2. The van der Waals surface area contributed by atoms with Crippen LogP contribution in [0.1, 0.15) is 24.0 Å². The number of amides is 2. The first-order valence-electron chi connectivity index (χ1n) is 12.1. The number of ether oxygens (including phenoxy) is 2. The zero-order valence-corrected chi connectivity index (χ0v) is 19.3. The van der Waals surface area contributed by atoms with Gasteiger partial charge in [0.25, 0.3) is 0 Å². The quantitative estimate of drug-likeness (QED) is 0.657. The van der Waals surface area contributed by atoms with Crippen molar-refractivity contribution >= 4 is 11.8 Å².